The molecular weight excluding hydrogens is 291 g/mol. The van der Waals surface area contributed by atoms with E-state index in [1.54, 1.807) is 0 Å². The maximum atomic E-state index is 12.9. The summed E-state index contributed by atoms with van der Waals surface area (Å²) in [7, 11) is 0. The highest BCUT2D eigenvalue weighted by Crippen LogP contribution is 2.36. The molecule has 114 valence electrons. The number of nitrogens with one attached hydrogen (secondary N) is 2. The molecule has 0 bridgehead atoms. The molecule has 0 atom stereocenters. The van der Waals surface area contributed by atoms with E-state index in [4.69, 9.17) is 0 Å². The first-order valence-corrected chi connectivity index (χ1v) is 6.16. The second-order valence-electron chi connectivity index (χ2n) is 4.68. The number of non-ortho nitro benzene ring substituents is 1. The summed E-state index contributed by atoms with van der Waals surface area (Å²) in [5.41, 5.74) is -2.19. The van der Waals surface area contributed by atoms with Gasteiger partial charge in [-0.3, -0.25) is 14.9 Å². The Morgan fingerprint density at radius 1 is 1.38 bits per heavy atom. The molecule has 21 heavy (non-hydrogen) atoms. The van der Waals surface area contributed by atoms with Crippen LogP contribution in [0.2, 0.25) is 0 Å². The maximum Gasteiger partial charge on any atom is 0.418 e. The van der Waals surface area contributed by atoms with Crippen molar-refractivity contribution in [1.29, 1.82) is 0 Å². The molecular formula is C12H12F3N3O3. The van der Waals surface area contributed by atoms with E-state index in [1.165, 1.54) is 0 Å². The number of anilines is 1. The van der Waals surface area contributed by atoms with Crippen molar-refractivity contribution in [2.24, 2.45) is 0 Å². The highest BCUT2D eigenvalue weighted by atomic mass is 19.4. The van der Waals surface area contributed by atoms with Crippen molar-refractivity contribution in [3.05, 3.63) is 33.9 Å². The molecule has 2 rings (SSSR count). The van der Waals surface area contributed by atoms with E-state index in [1.807, 2.05) is 0 Å². The van der Waals surface area contributed by atoms with Gasteiger partial charge in [0.25, 0.3) is 5.69 Å². The van der Waals surface area contributed by atoms with Crippen LogP contribution < -0.4 is 10.6 Å². The normalized spacial score (nSPS) is 14.6. The Hall–Kier alpha value is -2.32. The molecule has 0 radical (unpaired) electrons. The van der Waals surface area contributed by atoms with Gasteiger partial charge in [0.2, 0.25) is 5.91 Å². The Labute approximate surface area is 117 Å². The van der Waals surface area contributed by atoms with Crippen LogP contribution in [0.4, 0.5) is 24.5 Å². The van der Waals surface area contributed by atoms with Crippen LogP contribution in [0, 0.1) is 10.1 Å². The second kappa shape index (κ2) is 5.58. The molecule has 0 unspecified atom stereocenters. The van der Waals surface area contributed by atoms with Gasteiger partial charge in [0, 0.05) is 23.9 Å². The maximum absolute atomic E-state index is 12.9. The number of halogens is 3. The lowest BCUT2D eigenvalue weighted by Crippen LogP contribution is -2.31. The molecule has 1 aliphatic carbocycles. The van der Waals surface area contributed by atoms with Crippen LogP contribution in [0.15, 0.2) is 18.2 Å². The molecule has 1 saturated carbocycles. The predicted octanol–water partition coefficient (Wildman–Crippen LogP) is 2.30. The Morgan fingerprint density at radius 3 is 2.57 bits per heavy atom. The average molecular weight is 303 g/mol. The summed E-state index contributed by atoms with van der Waals surface area (Å²) in [6.45, 7) is -0.322. The second-order valence-corrected chi connectivity index (χ2v) is 4.68. The zero-order valence-corrected chi connectivity index (χ0v) is 10.7. The van der Waals surface area contributed by atoms with Crippen LogP contribution in [-0.4, -0.2) is 23.4 Å². The molecule has 0 heterocycles. The number of nitrogens with zero attached hydrogens (tertiary/aromatic N) is 1. The third kappa shape index (κ3) is 4.07. The zero-order valence-electron chi connectivity index (χ0n) is 10.7. The first-order valence-electron chi connectivity index (χ1n) is 6.16. The molecule has 1 aromatic carbocycles. The monoisotopic (exact) mass is 303 g/mol. The summed E-state index contributed by atoms with van der Waals surface area (Å²) in [6, 6.07) is 2.46. The van der Waals surface area contributed by atoms with E-state index in [0.29, 0.717) is 6.07 Å². The van der Waals surface area contributed by atoms with Gasteiger partial charge < -0.3 is 10.6 Å². The van der Waals surface area contributed by atoms with Gasteiger partial charge in [-0.05, 0) is 18.9 Å². The Morgan fingerprint density at radius 2 is 2.05 bits per heavy atom. The minimum atomic E-state index is -4.75. The fourth-order valence-electron chi connectivity index (χ4n) is 1.72. The van der Waals surface area contributed by atoms with Gasteiger partial charge >= 0.3 is 6.18 Å². The molecule has 0 saturated heterocycles. The zero-order chi connectivity index (χ0) is 15.6. The molecule has 6 nitrogen and oxygen atoms in total. The minimum Gasteiger partial charge on any atom is -0.376 e. The highest BCUT2D eigenvalue weighted by molar-refractivity contribution is 5.81. The van der Waals surface area contributed by atoms with E-state index in [9.17, 15) is 28.1 Å². The summed E-state index contributed by atoms with van der Waals surface area (Å²) in [5.74, 6) is -0.413. The van der Waals surface area contributed by atoms with Gasteiger partial charge in [0.05, 0.1) is 17.0 Å². The first-order chi connectivity index (χ1) is 9.77. The number of alkyl halides is 3. The van der Waals surface area contributed by atoms with Gasteiger partial charge in [-0.15, -0.1) is 0 Å². The number of nitro groups is 1. The molecule has 2 N–H and O–H groups in total. The Bertz CT molecular complexity index is 571. The number of amides is 1. The van der Waals surface area contributed by atoms with Crippen molar-refractivity contribution in [2.45, 2.75) is 25.1 Å². The summed E-state index contributed by atoms with van der Waals surface area (Å²) >= 11 is 0. The molecule has 1 fully saturated rings. The van der Waals surface area contributed by atoms with Gasteiger partial charge in [0.15, 0.2) is 0 Å². The number of carbonyl (C=O) groups excluding carboxylic acids is 1. The highest BCUT2D eigenvalue weighted by Gasteiger charge is 2.35. The molecule has 1 aliphatic rings. The van der Waals surface area contributed by atoms with E-state index in [0.717, 1.165) is 25.0 Å². The first kappa shape index (κ1) is 15.1. The molecule has 1 amide bonds. The number of hydrogen-bond acceptors (Lipinski definition) is 4. The SMILES string of the molecule is O=C(CNc1ccc([N+](=O)[O-])cc1C(F)(F)F)NC1CC1. The fraction of sp³-hybridized carbons (Fsp3) is 0.417. The number of benzene rings is 1. The van der Waals surface area contributed by atoms with Crippen LogP contribution in [0.25, 0.3) is 0 Å². The predicted molar refractivity (Wildman–Crippen MR) is 67.8 cm³/mol. The van der Waals surface area contributed by atoms with Gasteiger partial charge in [-0.2, -0.15) is 13.2 Å². The lowest BCUT2D eigenvalue weighted by molar-refractivity contribution is -0.385. The quantitative estimate of drug-likeness (QED) is 0.645. The molecule has 0 aliphatic heterocycles. The van der Waals surface area contributed by atoms with Crippen LogP contribution in [0.1, 0.15) is 18.4 Å². The van der Waals surface area contributed by atoms with Crippen molar-refractivity contribution < 1.29 is 22.9 Å². The number of nitro benzene ring substituents is 1. The van der Waals surface area contributed by atoms with Crippen LogP contribution in [-0.2, 0) is 11.0 Å². The number of carbonyl (C=O) groups is 1. The van der Waals surface area contributed by atoms with Crippen molar-refractivity contribution in [3.8, 4) is 0 Å². The van der Waals surface area contributed by atoms with E-state index >= 15 is 0 Å². The largest absolute Gasteiger partial charge is 0.418 e. The topological polar surface area (TPSA) is 84.3 Å². The summed E-state index contributed by atoms with van der Waals surface area (Å²) in [4.78, 5) is 21.1. The van der Waals surface area contributed by atoms with Crippen molar-refractivity contribution in [2.75, 3.05) is 11.9 Å². The Kier molecular flexibility index (Phi) is 4.01. The lowest BCUT2D eigenvalue weighted by Gasteiger charge is -2.14. The standard InChI is InChI=1S/C12H12F3N3O3/c13-12(14,15)9-5-8(18(20)21)3-4-10(9)16-6-11(19)17-7-1-2-7/h3-5,7,16H,1-2,6H2,(H,17,19). The molecule has 0 aromatic heterocycles. The minimum absolute atomic E-state index is 0.109. The summed E-state index contributed by atoms with van der Waals surface area (Å²) < 4.78 is 38.6. The smallest absolute Gasteiger partial charge is 0.376 e. The summed E-state index contributed by atoms with van der Waals surface area (Å²) in [5, 5.41) is 15.5. The van der Waals surface area contributed by atoms with Crippen molar-refractivity contribution >= 4 is 17.3 Å². The van der Waals surface area contributed by atoms with Crippen molar-refractivity contribution in [3.63, 3.8) is 0 Å². The van der Waals surface area contributed by atoms with E-state index < -0.39 is 28.3 Å². The molecule has 9 heteroatoms. The fourth-order valence-corrected chi connectivity index (χ4v) is 1.72. The summed E-state index contributed by atoms with van der Waals surface area (Å²) in [6.07, 6.45) is -3.00. The van der Waals surface area contributed by atoms with Crippen LogP contribution in [0.5, 0.6) is 0 Å². The Balaban J connectivity index is 2.13. The van der Waals surface area contributed by atoms with E-state index in [-0.39, 0.29) is 18.3 Å². The third-order valence-corrected chi connectivity index (χ3v) is 2.90. The van der Waals surface area contributed by atoms with Gasteiger partial charge in [0.1, 0.15) is 0 Å². The average Bonchev–Trinajstić information content (AvgIpc) is 3.18. The lowest BCUT2D eigenvalue weighted by atomic mass is 10.1. The molecule has 1 aromatic rings. The number of hydrogen-bond donors (Lipinski definition) is 2. The van der Waals surface area contributed by atoms with Gasteiger partial charge in [-0.1, -0.05) is 0 Å². The third-order valence-electron chi connectivity index (χ3n) is 2.90. The van der Waals surface area contributed by atoms with Crippen molar-refractivity contribution in [1.82, 2.24) is 5.32 Å². The van der Waals surface area contributed by atoms with E-state index in [2.05, 4.69) is 10.6 Å². The number of rotatable bonds is 5. The van der Waals surface area contributed by atoms with Crippen LogP contribution >= 0.6 is 0 Å². The van der Waals surface area contributed by atoms with Gasteiger partial charge in [-0.25, -0.2) is 0 Å². The molecule has 0 spiro atoms. The van der Waals surface area contributed by atoms with Crippen LogP contribution in [0.3, 0.4) is 0 Å².